The first-order valence-corrected chi connectivity index (χ1v) is 13.6. The summed E-state index contributed by atoms with van der Waals surface area (Å²) in [6.07, 6.45) is 5.33. The molecule has 0 aliphatic heterocycles. The van der Waals surface area contributed by atoms with Gasteiger partial charge in [-0.3, -0.25) is 9.88 Å². The number of furan rings is 1. The number of aromatic amines is 1. The Balaban J connectivity index is 1.20. The molecule has 0 radical (unpaired) electrons. The second-order valence-corrected chi connectivity index (χ2v) is 10.4. The van der Waals surface area contributed by atoms with E-state index < -0.39 is 0 Å². The van der Waals surface area contributed by atoms with E-state index in [1.807, 2.05) is 31.3 Å². The zero-order valence-corrected chi connectivity index (χ0v) is 22.2. The number of hydrogen-bond acceptors (Lipinski definition) is 5. The van der Waals surface area contributed by atoms with Gasteiger partial charge in [0.05, 0.1) is 35.4 Å². The van der Waals surface area contributed by atoms with Crippen LogP contribution in [0.5, 0.6) is 0 Å². The topological polar surface area (TPSA) is 70.0 Å². The Morgan fingerprint density at radius 2 is 1.84 bits per heavy atom. The van der Waals surface area contributed by atoms with Gasteiger partial charge in [0, 0.05) is 19.3 Å². The van der Waals surface area contributed by atoms with Crippen LogP contribution in [0.15, 0.2) is 83.4 Å². The molecule has 194 valence electrons. The average Bonchev–Trinajstić information content (AvgIpc) is 3.57. The van der Waals surface area contributed by atoms with Gasteiger partial charge in [0.2, 0.25) is 0 Å². The summed E-state index contributed by atoms with van der Waals surface area (Å²) in [5.41, 5.74) is 7.25. The Hall–Kier alpha value is -3.74. The van der Waals surface area contributed by atoms with Crippen molar-refractivity contribution in [2.45, 2.75) is 64.8 Å². The number of aryl methyl sites for hydroxylation is 2. The van der Waals surface area contributed by atoms with Gasteiger partial charge in [-0.2, -0.15) is 0 Å². The van der Waals surface area contributed by atoms with E-state index in [0.717, 1.165) is 60.9 Å². The molecule has 38 heavy (non-hydrogen) atoms. The Labute approximate surface area is 224 Å². The molecule has 2 N–H and O–H groups in total. The van der Waals surface area contributed by atoms with Crippen molar-refractivity contribution in [1.82, 2.24) is 25.2 Å². The summed E-state index contributed by atoms with van der Waals surface area (Å²) in [5, 5.41) is 3.57. The molecule has 3 heterocycles. The number of nitrogens with zero attached hydrogens (tertiary/aromatic N) is 3. The number of para-hydroxylation sites is 2. The van der Waals surface area contributed by atoms with Crippen molar-refractivity contribution in [1.29, 1.82) is 0 Å². The van der Waals surface area contributed by atoms with Gasteiger partial charge in [0.1, 0.15) is 17.3 Å². The van der Waals surface area contributed by atoms with Crippen LogP contribution < -0.4 is 5.32 Å². The van der Waals surface area contributed by atoms with E-state index in [9.17, 15) is 0 Å². The molecule has 6 heteroatoms. The van der Waals surface area contributed by atoms with Crippen molar-refractivity contribution in [2.24, 2.45) is 0 Å². The molecule has 6 rings (SSSR count). The molecule has 0 fully saturated rings. The summed E-state index contributed by atoms with van der Waals surface area (Å²) in [6, 6.07) is 26.0. The van der Waals surface area contributed by atoms with Crippen LogP contribution in [-0.4, -0.2) is 19.9 Å². The standard InChI is InChI=1S/C32H35N5O/c1-22-12-17-30(38-22)23(2)34-19-24-13-15-25(16-14-24)20-37(21-31-35-27-9-3-4-10-28(27)36-31)29-11-5-7-26-8-6-18-33-32(26)29/h3-4,6,8-10,12-18,23,29,34H,5,7,11,19-21H2,1-2H3,(H,35,36). The SMILES string of the molecule is Cc1ccc(C(C)NCc2ccc(CN(Cc3nc4ccccc4[nH]3)C3CCCc4cccnc43)cc2)o1. The molecule has 2 atom stereocenters. The lowest BCUT2D eigenvalue weighted by Gasteiger charge is -2.34. The second-order valence-electron chi connectivity index (χ2n) is 10.4. The molecule has 0 bridgehead atoms. The molecular weight excluding hydrogens is 470 g/mol. The third-order valence-corrected chi connectivity index (χ3v) is 7.61. The van der Waals surface area contributed by atoms with Crippen molar-refractivity contribution in [3.05, 3.63) is 119 Å². The van der Waals surface area contributed by atoms with E-state index in [-0.39, 0.29) is 12.1 Å². The molecule has 0 spiro atoms. The van der Waals surface area contributed by atoms with Gasteiger partial charge in [-0.1, -0.05) is 42.5 Å². The lowest BCUT2D eigenvalue weighted by Crippen LogP contribution is -2.31. The van der Waals surface area contributed by atoms with Crippen molar-refractivity contribution in [3.63, 3.8) is 0 Å². The van der Waals surface area contributed by atoms with Crippen molar-refractivity contribution >= 4 is 11.0 Å². The third-order valence-electron chi connectivity index (χ3n) is 7.61. The van der Waals surface area contributed by atoms with Gasteiger partial charge < -0.3 is 14.7 Å². The van der Waals surface area contributed by atoms with E-state index in [1.165, 1.54) is 28.8 Å². The summed E-state index contributed by atoms with van der Waals surface area (Å²) in [5.74, 6) is 2.92. The molecule has 1 aliphatic rings. The molecule has 3 aromatic heterocycles. The summed E-state index contributed by atoms with van der Waals surface area (Å²) in [6.45, 7) is 6.50. The van der Waals surface area contributed by atoms with E-state index in [2.05, 4.69) is 76.7 Å². The minimum atomic E-state index is 0.168. The molecule has 6 nitrogen and oxygen atoms in total. The first-order valence-electron chi connectivity index (χ1n) is 13.6. The minimum absolute atomic E-state index is 0.168. The van der Waals surface area contributed by atoms with Crippen molar-refractivity contribution < 1.29 is 4.42 Å². The molecule has 0 amide bonds. The summed E-state index contributed by atoms with van der Waals surface area (Å²) >= 11 is 0. The first-order chi connectivity index (χ1) is 18.6. The second kappa shape index (κ2) is 10.9. The zero-order chi connectivity index (χ0) is 25.9. The molecule has 2 aromatic carbocycles. The normalized spacial score (nSPS) is 16.1. The van der Waals surface area contributed by atoms with Crippen LogP contribution in [0.3, 0.4) is 0 Å². The van der Waals surface area contributed by atoms with E-state index >= 15 is 0 Å². The number of aromatic nitrogens is 3. The maximum absolute atomic E-state index is 5.77. The number of rotatable bonds is 9. The molecule has 1 aliphatic carbocycles. The highest BCUT2D eigenvalue weighted by atomic mass is 16.3. The fourth-order valence-corrected chi connectivity index (χ4v) is 5.54. The fraction of sp³-hybridized carbons (Fsp3) is 0.312. The van der Waals surface area contributed by atoms with E-state index in [0.29, 0.717) is 0 Å². The Morgan fingerprint density at radius 1 is 1.00 bits per heavy atom. The van der Waals surface area contributed by atoms with Crippen LogP contribution >= 0.6 is 0 Å². The van der Waals surface area contributed by atoms with Crippen LogP contribution in [0.1, 0.15) is 71.6 Å². The van der Waals surface area contributed by atoms with Gasteiger partial charge in [-0.15, -0.1) is 0 Å². The number of imidazole rings is 1. The minimum Gasteiger partial charge on any atom is -0.465 e. The highest BCUT2D eigenvalue weighted by Crippen LogP contribution is 2.34. The van der Waals surface area contributed by atoms with Crippen LogP contribution in [0.2, 0.25) is 0 Å². The largest absolute Gasteiger partial charge is 0.465 e. The number of hydrogen-bond donors (Lipinski definition) is 2. The predicted octanol–water partition coefficient (Wildman–Crippen LogP) is 6.79. The fourth-order valence-electron chi connectivity index (χ4n) is 5.54. The smallest absolute Gasteiger partial charge is 0.121 e. The molecule has 2 unspecified atom stereocenters. The summed E-state index contributed by atoms with van der Waals surface area (Å²) in [4.78, 5) is 15.8. The van der Waals surface area contributed by atoms with Crippen molar-refractivity contribution in [2.75, 3.05) is 0 Å². The Morgan fingerprint density at radius 3 is 2.66 bits per heavy atom. The first kappa shape index (κ1) is 24.6. The maximum Gasteiger partial charge on any atom is 0.121 e. The zero-order valence-electron chi connectivity index (χ0n) is 22.2. The van der Waals surface area contributed by atoms with Gasteiger partial charge in [-0.05, 0) is 80.1 Å². The van der Waals surface area contributed by atoms with E-state index in [1.54, 1.807) is 0 Å². The van der Waals surface area contributed by atoms with Gasteiger partial charge >= 0.3 is 0 Å². The predicted molar refractivity (Wildman–Crippen MR) is 150 cm³/mol. The number of pyridine rings is 1. The van der Waals surface area contributed by atoms with Crippen molar-refractivity contribution in [3.8, 4) is 0 Å². The highest BCUT2D eigenvalue weighted by Gasteiger charge is 2.28. The molecular formula is C32H35N5O. The molecule has 0 saturated heterocycles. The third kappa shape index (κ3) is 5.42. The maximum atomic E-state index is 5.77. The van der Waals surface area contributed by atoms with Crippen LogP contribution in [0.4, 0.5) is 0 Å². The lowest BCUT2D eigenvalue weighted by molar-refractivity contribution is 0.153. The number of fused-ring (bicyclic) bond motifs is 2. The number of H-pyrrole nitrogens is 1. The highest BCUT2D eigenvalue weighted by molar-refractivity contribution is 5.74. The Kier molecular flexibility index (Phi) is 7.08. The monoisotopic (exact) mass is 505 g/mol. The number of nitrogens with one attached hydrogen (secondary N) is 2. The van der Waals surface area contributed by atoms with Crippen LogP contribution in [-0.2, 0) is 26.1 Å². The van der Waals surface area contributed by atoms with Gasteiger partial charge in [0.15, 0.2) is 0 Å². The van der Waals surface area contributed by atoms with E-state index in [4.69, 9.17) is 14.4 Å². The Bertz CT molecular complexity index is 1470. The lowest BCUT2D eigenvalue weighted by atomic mass is 9.90. The van der Waals surface area contributed by atoms with Gasteiger partial charge in [-0.25, -0.2) is 4.98 Å². The average molecular weight is 506 g/mol. The quantitative estimate of drug-likeness (QED) is 0.231. The van der Waals surface area contributed by atoms with Gasteiger partial charge in [0.25, 0.3) is 0 Å². The van der Waals surface area contributed by atoms with Crippen LogP contribution in [0.25, 0.3) is 11.0 Å². The number of benzene rings is 2. The molecule has 0 saturated carbocycles. The summed E-state index contributed by atoms with van der Waals surface area (Å²) in [7, 11) is 0. The summed E-state index contributed by atoms with van der Waals surface area (Å²) < 4.78 is 5.77. The van der Waals surface area contributed by atoms with Crippen LogP contribution in [0, 0.1) is 6.92 Å². The molecule has 5 aromatic rings.